The van der Waals surface area contributed by atoms with Crippen molar-refractivity contribution in [3.63, 3.8) is 0 Å². The fourth-order valence-corrected chi connectivity index (χ4v) is 6.25. The molecule has 1 fully saturated rings. The van der Waals surface area contributed by atoms with Crippen LogP contribution < -0.4 is 11.1 Å². The maximum absolute atomic E-state index is 13.8. The van der Waals surface area contributed by atoms with Gasteiger partial charge in [0.25, 0.3) is 5.91 Å². The van der Waals surface area contributed by atoms with Crippen molar-refractivity contribution in [2.75, 3.05) is 27.2 Å². The average molecular weight is 546 g/mol. The largest absolute Gasteiger partial charge is 0.507 e. The van der Waals surface area contributed by atoms with E-state index in [0.29, 0.717) is 35.3 Å². The Balaban J connectivity index is 1.51. The summed E-state index contributed by atoms with van der Waals surface area (Å²) >= 11 is 0. The summed E-state index contributed by atoms with van der Waals surface area (Å²) in [4.78, 5) is 66.9. The van der Waals surface area contributed by atoms with Crippen LogP contribution in [0.3, 0.4) is 0 Å². The van der Waals surface area contributed by atoms with Crippen molar-refractivity contribution in [3.8, 4) is 16.9 Å². The molecule has 0 radical (unpaired) electrons. The summed E-state index contributed by atoms with van der Waals surface area (Å²) in [6, 6.07) is 9.98. The molecule has 5 N–H and O–H groups in total. The molecule has 2 amide bonds. The minimum Gasteiger partial charge on any atom is -0.507 e. The number of hydrogen-bond acceptors (Lipinski definition) is 8. The third-order valence-corrected chi connectivity index (χ3v) is 8.29. The van der Waals surface area contributed by atoms with Gasteiger partial charge in [-0.15, -0.1) is 0 Å². The van der Waals surface area contributed by atoms with E-state index in [1.54, 1.807) is 30.3 Å². The lowest BCUT2D eigenvalue weighted by molar-refractivity contribution is -0.166. The van der Waals surface area contributed by atoms with Gasteiger partial charge in [0.2, 0.25) is 5.91 Å². The summed E-state index contributed by atoms with van der Waals surface area (Å²) in [6.07, 6.45) is 3.15. The number of Topliss-reactive ketones (excluding diaryl/α,β-unsaturated/α-hetero) is 3. The average Bonchev–Trinajstić information content (AvgIpc) is 2.90. The molecule has 5 rings (SSSR count). The molecule has 3 aliphatic carbocycles. The highest BCUT2D eigenvalue weighted by Crippen LogP contribution is 2.50. The molecule has 2 aromatic rings. The van der Waals surface area contributed by atoms with Crippen molar-refractivity contribution >= 4 is 29.2 Å². The van der Waals surface area contributed by atoms with Crippen LogP contribution in [0.25, 0.3) is 11.1 Å². The Labute approximate surface area is 230 Å². The molecule has 208 valence electrons. The van der Waals surface area contributed by atoms with Gasteiger partial charge in [0.05, 0.1) is 11.5 Å². The van der Waals surface area contributed by atoms with Crippen molar-refractivity contribution in [3.05, 3.63) is 65.2 Å². The molecular weight excluding hydrogens is 514 g/mol. The second-order valence-corrected chi connectivity index (χ2v) is 11.0. The van der Waals surface area contributed by atoms with E-state index in [1.165, 1.54) is 18.2 Å². The molecule has 40 heavy (non-hydrogen) atoms. The Morgan fingerprint density at radius 1 is 1.10 bits per heavy atom. The van der Waals surface area contributed by atoms with E-state index < -0.39 is 52.5 Å². The predicted molar refractivity (Wildman–Crippen MR) is 144 cm³/mol. The molecule has 5 atom stereocenters. The molecule has 3 aliphatic rings. The van der Waals surface area contributed by atoms with Crippen LogP contribution in [0.2, 0.25) is 0 Å². The van der Waals surface area contributed by atoms with Crippen LogP contribution in [-0.4, -0.2) is 77.1 Å². The molecule has 0 heterocycles. The summed E-state index contributed by atoms with van der Waals surface area (Å²) in [5.41, 5.74) is 5.00. The van der Waals surface area contributed by atoms with Crippen LogP contribution in [0.1, 0.15) is 32.7 Å². The van der Waals surface area contributed by atoms with Crippen LogP contribution in [0.5, 0.6) is 5.75 Å². The molecular formula is C30H31N3O7. The molecule has 0 spiro atoms. The van der Waals surface area contributed by atoms with Gasteiger partial charge >= 0.3 is 0 Å². The van der Waals surface area contributed by atoms with E-state index in [9.17, 15) is 34.2 Å². The number of carbonyl (C=O) groups excluding carboxylic acids is 5. The second kappa shape index (κ2) is 10.1. The number of nitrogens with one attached hydrogen (secondary N) is 1. The van der Waals surface area contributed by atoms with E-state index in [-0.39, 0.29) is 30.1 Å². The fourth-order valence-electron chi connectivity index (χ4n) is 6.25. The standard InChI is InChI=1S/C30H31N3O7/c1-33(2)11-10-32-29(39)16-5-3-4-15(12-16)19-8-9-22(34)24-21(19)14-17-13-18-6-7-20(28(31)38)26(36)30(18,40)27(37)23(17)25(24)35/h3-9,12,17-18,20,23,34,40H,10-11,13-14H2,1-2H3,(H2,31,38)(H,32,39)/t17-,18-,20?,23?,30-/m1/s1. The summed E-state index contributed by atoms with van der Waals surface area (Å²) in [5, 5.41) is 24.9. The van der Waals surface area contributed by atoms with Crippen LogP contribution >= 0.6 is 0 Å². The number of rotatable bonds is 6. The normalized spacial score (nSPS) is 27.1. The maximum Gasteiger partial charge on any atom is 0.251 e. The zero-order chi connectivity index (χ0) is 28.9. The van der Waals surface area contributed by atoms with Crippen LogP contribution in [0.4, 0.5) is 0 Å². The molecule has 1 saturated carbocycles. The minimum absolute atomic E-state index is 0.0414. The topological polar surface area (TPSA) is 167 Å². The van der Waals surface area contributed by atoms with Crippen molar-refractivity contribution < 1.29 is 34.2 Å². The molecule has 0 aromatic heterocycles. The van der Waals surface area contributed by atoms with Gasteiger partial charge < -0.3 is 26.2 Å². The summed E-state index contributed by atoms with van der Waals surface area (Å²) in [6.45, 7) is 1.15. The number of hydrogen-bond donors (Lipinski definition) is 4. The van der Waals surface area contributed by atoms with Crippen LogP contribution in [-0.2, 0) is 20.8 Å². The number of aromatic hydroxyl groups is 1. The monoisotopic (exact) mass is 545 g/mol. The van der Waals surface area contributed by atoms with E-state index in [1.807, 2.05) is 19.0 Å². The Morgan fingerprint density at radius 3 is 2.55 bits per heavy atom. The molecule has 2 unspecified atom stereocenters. The number of fused-ring (bicyclic) bond motifs is 3. The first kappa shape index (κ1) is 27.4. The molecule has 0 aliphatic heterocycles. The van der Waals surface area contributed by atoms with Crippen molar-refractivity contribution in [1.82, 2.24) is 10.2 Å². The van der Waals surface area contributed by atoms with Gasteiger partial charge in [-0.25, -0.2) is 0 Å². The highest BCUT2D eigenvalue weighted by Gasteiger charge is 2.63. The molecule has 0 bridgehead atoms. The minimum atomic E-state index is -2.54. The lowest BCUT2D eigenvalue weighted by Gasteiger charge is -2.47. The number of aliphatic hydroxyl groups is 1. The van der Waals surface area contributed by atoms with Gasteiger partial charge in [0, 0.05) is 24.6 Å². The van der Waals surface area contributed by atoms with Crippen molar-refractivity contribution in [2.45, 2.75) is 18.4 Å². The molecule has 0 saturated heterocycles. The third-order valence-electron chi connectivity index (χ3n) is 8.29. The summed E-state index contributed by atoms with van der Waals surface area (Å²) < 4.78 is 0. The Morgan fingerprint density at radius 2 is 1.85 bits per heavy atom. The van der Waals surface area contributed by atoms with Gasteiger partial charge in [-0.2, -0.15) is 0 Å². The van der Waals surface area contributed by atoms with E-state index in [2.05, 4.69) is 5.32 Å². The van der Waals surface area contributed by atoms with E-state index in [0.717, 1.165) is 0 Å². The summed E-state index contributed by atoms with van der Waals surface area (Å²) in [7, 11) is 3.82. The van der Waals surface area contributed by atoms with Gasteiger partial charge in [-0.05, 0) is 67.7 Å². The number of ketones is 3. The SMILES string of the molecule is CN(C)CCNC(=O)c1cccc(-c2ccc(O)c3c2C[C@H]2C[C@H]4C=CC(C(N)=O)C(=O)[C@@]4(O)C(=O)C2C3=O)c1. The van der Waals surface area contributed by atoms with Gasteiger partial charge in [-0.3, -0.25) is 24.0 Å². The zero-order valence-electron chi connectivity index (χ0n) is 22.2. The number of primary amides is 1. The zero-order valence-corrected chi connectivity index (χ0v) is 22.2. The first-order chi connectivity index (χ1) is 18.9. The highest BCUT2D eigenvalue weighted by molar-refractivity contribution is 6.26. The predicted octanol–water partition coefficient (Wildman–Crippen LogP) is 0.882. The third kappa shape index (κ3) is 4.33. The first-order valence-corrected chi connectivity index (χ1v) is 13.2. The Kier molecular flexibility index (Phi) is 6.93. The number of nitrogens with two attached hydrogens (primary N) is 1. The Bertz CT molecular complexity index is 1480. The van der Waals surface area contributed by atoms with Gasteiger partial charge in [-0.1, -0.05) is 30.4 Å². The maximum atomic E-state index is 13.8. The van der Waals surface area contributed by atoms with E-state index in [4.69, 9.17) is 5.73 Å². The molecule has 10 heteroatoms. The number of phenols is 1. The Hall–Kier alpha value is -4.15. The molecule has 10 nitrogen and oxygen atoms in total. The fraction of sp³-hybridized carbons (Fsp3) is 0.367. The van der Waals surface area contributed by atoms with Crippen molar-refractivity contribution in [1.29, 1.82) is 0 Å². The number of benzene rings is 2. The quantitative estimate of drug-likeness (QED) is 0.307. The van der Waals surface area contributed by atoms with E-state index >= 15 is 0 Å². The van der Waals surface area contributed by atoms with Crippen molar-refractivity contribution in [2.24, 2.45) is 29.4 Å². The number of phenolic OH excluding ortho intramolecular Hbond substituents is 1. The summed E-state index contributed by atoms with van der Waals surface area (Å²) in [5.74, 6) is -8.48. The smallest absolute Gasteiger partial charge is 0.251 e. The van der Waals surface area contributed by atoms with Crippen LogP contribution in [0, 0.1) is 23.7 Å². The second-order valence-electron chi connectivity index (χ2n) is 11.0. The lowest BCUT2D eigenvalue weighted by Crippen LogP contribution is -2.65. The number of carbonyl (C=O) groups is 5. The molecule has 2 aromatic carbocycles. The van der Waals surface area contributed by atoms with Crippen LogP contribution in [0.15, 0.2) is 48.6 Å². The lowest BCUT2D eigenvalue weighted by atomic mass is 9.55. The number of amides is 2. The van der Waals surface area contributed by atoms with Gasteiger partial charge in [0.1, 0.15) is 11.7 Å². The van der Waals surface area contributed by atoms with Gasteiger partial charge in [0.15, 0.2) is 23.0 Å². The first-order valence-electron chi connectivity index (χ1n) is 13.2. The number of likely N-dealkylation sites (N-methyl/N-ethyl adjacent to an activating group) is 1. The number of nitrogens with zero attached hydrogens (tertiary/aromatic N) is 1. The highest BCUT2D eigenvalue weighted by atomic mass is 16.3.